The Morgan fingerprint density at radius 3 is 2.65 bits per heavy atom. The van der Waals surface area contributed by atoms with E-state index >= 15 is 0 Å². The molecule has 1 saturated carbocycles. The Morgan fingerprint density at radius 2 is 2.00 bits per heavy atom. The molecule has 5 heteroatoms. The molecule has 2 atom stereocenters. The third-order valence-electron chi connectivity index (χ3n) is 4.10. The summed E-state index contributed by atoms with van der Waals surface area (Å²) in [6.45, 7) is 2.11. The minimum Gasteiger partial charge on any atom is -0.380 e. The number of nitrogens with two attached hydrogens (primary N) is 1. The highest BCUT2D eigenvalue weighted by Gasteiger charge is 2.25. The summed E-state index contributed by atoms with van der Waals surface area (Å²) in [5.41, 5.74) is 4.97. The Labute approximate surface area is 117 Å². The molecule has 1 aromatic rings. The van der Waals surface area contributed by atoms with Crippen molar-refractivity contribution >= 4 is 11.6 Å². The first-order valence-electron chi connectivity index (χ1n) is 7.08. The first-order valence-corrected chi connectivity index (χ1v) is 7.08. The van der Waals surface area contributed by atoms with E-state index in [9.17, 15) is 13.6 Å². The molecular formula is C15H20F2N2O. The van der Waals surface area contributed by atoms with E-state index in [2.05, 4.69) is 12.2 Å². The average molecular weight is 282 g/mol. The molecule has 3 nitrogen and oxygen atoms in total. The SMILES string of the molecule is CCC1CCCCC1Nc1cc(C(N)=O)c(F)cc1F. The van der Waals surface area contributed by atoms with Gasteiger partial charge in [-0.15, -0.1) is 0 Å². The second-order valence-corrected chi connectivity index (χ2v) is 5.38. The van der Waals surface area contributed by atoms with Gasteiger partial charge >= 0.3 is 0 Å². The van der Waals surface area contributed by atoms with E-state index in [-0.39, 0.29) is 17.3 Å². The van der Waals surface area contributed by atoms with E-state index in [0.717, 1.165) is 25.7 Å². The summed E-state index contributed by atoms with van der Waals surface area (Å²) in [4.78, 5) is 11.1. The van der Waals surface area contributed by atoms with Gasteiger partial charge in [-0.25, -0.2) is 8.78 Å². The molecule has 1 aliphatic carbocycles. The highest BCUT2D eigenvalue weighted by Crippen LogP contribution is 2.30. The summed E-state index contributed by atoms with van der Waals surface area (Å²) in [5, 5.41) is 3.12. The van der Waals surface area contributed by atoms with Crippen molar-refractivity contribution in [2.24, 2.45) is 11.7 Å². The summed E-state index contributed by atoms with van der Waals surface area (Å²) in [6.07, 6.45) is 5.37. The molecule has 0 bridgehead atoms. The van der Waals surface area contributed by atoms with Gasteiger partial charge in [0.2, 0.25) is 0 Å². The maximum Gasteiger partial charge on any atom is 0.251 e. The summed E-state index contributed by atoms with van der Waals surface area (Å²) in [5.74, 6) is -2.02. The quantitative estimate of drug-likeness (QED) is 0.888. The van der Waals surface area contributed by atoms with Crippen LogP contribution in [0.15, 0.2) is 12.1 Å². The van der Waals surface area contributed by atoms with E-state index in [1.54, 1.807) is 0 Å². The molecule has 20 heavy (non-hydrogen) atoms. The van der Waals surface area contributed by atoms with Crippen LogP contribution in [0, 0.1) is 17.6 Å². The smallest absolute Gasteiger partial charge is 0.251 e. The van der Waals surface area contributed by atoms with Gasteiger partial charge in [-0.3, -0.25) is 4.79 Å². The molecule has 110 valence electrons. The van der Waals surface area contributed by atoms with Crippen LogP contribution in [0.2, 0.25) is 0 Å². The molecule has 0 radical (unpaired) electrons. The van der Waals surface area contributed by atoms with Gasteiger partial charge in [0.25, 0.3) is 5.91 Å². The third kappa shape index (κ3) is 3.08. The molecule has 1 aromatic carbocycles. The van der Waals surface area contributed by atoms with Crippen molar-refractivity contribution in [1.29, 1.82) is 0 Å². The number of primary amides is 1. The predicted octanol–water partition coefficient (Wildman–Crippen LogP) is 3.44. The number of nitrogens with one attached hydrogen (secondary N) is 1. The maximum atomic E-state index is 13.8. The molecule has 1 aliphatic rings. The number of hydrogen-bond donors (Lipinski definition) is 2. The number of amides is 1. The Morgan fingerprint density at radius 1 is 1.30 bits per heavy atom. The van der Waals surface area contributed by atoms with E-state index in [1.807, 2.05) is 0 Å². The molecule has 2 unspecified atom stereocenters. The second-order valence-electron chi connectivity index (χ2n) is 5.38. The molecule has 3 N–H and O–H groups in total. The predicted molar refractivity (Wildman–Crippen MR) is 74.5 cm³/mol. The van der Waals surface area contributed by atoms with Gasteiger partial charge in [0.15, 0.2) is 0 Å². The van der Waals surface area contributed by atoms with Gasteiger partial charge in [0, 0.05) is 12.1 Å². The van der Waals surface area contributed by atoms with Crippen molar-refractivity contribution in [2.45, 2.75) is 45.1 Å². The van der Waals surface area contributed by atoms with Crippen LogP contribution >= 0.6 is 0 Å². The van der Waals surface area contributed by atoms with Crippen molar-refractivity contribution in [1.82, 2.24) is 0 Å². The zero-order valence-corrected chi connectivity index (χ0v) is 11.6. The zero-order valence-electron chi connectivity index (χ0n) is 11.6. The molecular weight excluding hydrogens is 262 g/mol. The lowest BCUT2D eigenvalue weighted by molar-refractivity contribution is 0.0996. The monoisotopic (exact) mass is 282 g/mol. The Hall–Kier alpha value is -1.65. The molecule has 0 aromatic heterocycles. The molecule has 0 heterocycles. The van der Waals surface area contributed by atoms with Crippen LogP contribution in [0.25, 0.3) is 0 Å². The Bertz CT molecular complexity index is 505. The standard InChI is InChI=1S/C15H20F2N2O/c1-2-9-5-3-4-6-13(9)19-14-7-10(15(18)20)11(16)8-12(14)17/h7-9,13,19H,2-6H2,1H3,(H2,18,20). The largest absolute Gasteiger partial charge is 0.380 e. The number of carbonyl (C=O) groups is 1. The lowest BCUT2D eigenvalue weighted by Crippen LogP contribution is -2.32. The van der Waals surface area contributed by atoms with Crippen molar-refractivity contribution < 1.29 is 13.6 Å². The van der Waals surface area contributed by atoms with E-state index in [1.165, 1.54) is 12.5 Å². The summed E-state index contributed by atoms with van der Waals surface area (Å²) in [6, 6.07) is 2.05. The Kier molecular flexibility index (Phi) is 4.57. The minimum atomic E-state index is -0.920. The molecule has 1 amide bonds. The molecule has 2 rings (SSSR count). The van der Waals surface area contributed by atoms with Gasteiger partial charge in [-0.2, -0.15) is 0 Å². The van der Waals surface area contributed by atoms with Gasteiger partial charge in [0.05, 0.1) is 11.3 Å². The van der Waals surface area contributed by atoms with Gasteiger partial charge in [-0.1, -0.05) is 26.2 Å². The second kappa shape index (κ2) is 6.20. The lowest BCUT2D eigenvalue weighted by Gasteiger charge is -2.32. The molecule has 0 aliphatic heterocycles. The van der Waals surface area contributed by atoms with E-state index in [0.29, 0.717) is 12.0 Å². The lowest BCUT2D eigenvalue weighted by atomic mass is 9.83. The van der Waals surface area contributed by atoms with Crippen LogP contribution in [0.3, 0.4) is 0 Å². The molecule has 0 saturated heterocycles. The fraction of sp³-hybridized carbons (Fsp3) is 0.533. The van der Waals surface area contributed by atoms with Gasteiger partial charge in [0.1, 0.15) is 11.6 Å². The fourth-order valence-corrected chi connectivity index (χ4v) is 2.93. The fourth-order valence-electron chi connectivity index (χ4n) is 2.93. The normalized spacial score (nSPS) is 22.6. The highest BCUT2D eigenvalue weighted by molar-refractivity contribution is 5.94. The first kappa shape index (κ1) is 14.8. The topological polar surface area (TPSA) is 55.1 Å². The van der Waals surface area contributed by atoms with Crippen LogP contribution in [-0.4, -0.2) is 11.9 Å². The number of hydrogen-bond acceptors (Lipinski definition) is 2. The maximum absolute atomic E-state index is 13.8. The van der Waals surface area contributed by atoms with Crippen LogP contribution < -0.4 is 11.1 Å². The van der Waals surface area contributed by atoms with E-state index in [4.69, 9.17) is 5.73 Å². The van der Waals surface area contributed by atoms with Gasteiger partial charge in [-0.05, 0) is 24.8 Å². The summed E-state index contributed by atoms with van der Waals surface area (Å²) in [7, 11) is 0. The number of benzene rings is 1. The first-order chi connectivity index (χ1) is 9.52. The van der Waals surface area contributed by atoms with E-state index < -0.39 is 17.5 Å². The van der Waals surface area contributed by atoms with Gasteiger partial charge < -0.3 is 11.1 Å². The third-order valence-corrected chi connectivity index (χ3v) is 4.10. The number of carbonyl (C=O) groups excluding carboxylic acids is 1. The van der Waals surface area contributed by atoms with Crippen molar-refractivity contribution in [2.75, 3.05) is 5.32 Å². The number of halogens is 2. The van der Waals surface area contributed by atoms with Crippen molar-refractivity contribution in [3.05, 3.63) is 29.3 Å². The number of anilines is 1. The van der Waals surface area contributed by atoms with Crippen LogP contribution in [0.1, 0.15) is 49.4 Å². The molecule has 1 fully saturated rings. The summed E-state index contributed by atoms with van der Waals surface area (Å²) >= 11 is 0. The molecule has 0 spiro atoms. The van der Waals surface area contributed by atoms with Crippen LogP contribution in [0.5, 0.6) is 0 Å². The van der Waals surface area contributed by atoms with Crippen LogP contribution in [0.4, 0.5) is 14.5 Å². The van der Waals surface area contributed by atoms with Crippen molar-refractivity contribution in [3.63, 3.8) is 0 Å². The summed E-state index contributed by atoms with van der Waals surface area (Å²) < 4.78 is 27.3. The highest BCUT2D eigenvalue weighted by atomic mass is 19.1. The zero-order chi connectivity index (χ0) is 14.7. The number of rotatable bonds is 4. The minimum absolute atomic E-state index is 0.158. The van der Waals surface area contributed by atoms with Crippen molar-refractivity contribution in [3.8, 4) is 0 Å². The Balaban J connectivity index is 2.23. The average Bonchev–Trinajstić information content (AvgIpc) is 2.42. The van der Waals surface area contributed by atoms with Crippen LogP contribution in [-0.2, 0) is 0 Å².